The third kappa shape index (κ3) is 3.77. The molecule has 0 radical (unpaired) electrons. The minimum atomic E-state index is -4.47. The maximum Gasteiger partial charge on any atom is 0.417 e. The van der Waals surface area contributed by atoms with Crippen LogP contribution in [0.2, 0.25) is 5.02 Å². The number of pyridine rings is 1. The maximum absolute atomic E-state index is 12.6. The lowest BCUT2D eigenvalue weighted by Crippen LogP contribution is -2.35. The molecule has 1 saturated heterocycles. The van der Waals surface area contributed by atoms with Crippen molar-refractivity contribution in [1.82, 2.24) is 9.88 Å². The molecular formula is C16H19ClF3N3O. The largest absolute Gasteiger partial charge is 0.417 e. The molecule has 0 spiro atoms. The first-order valence-electron chi connectivity index (χ1n) is 8.12. The Bertz CT molecular complexity index is 617. The number of rotatable bonds is 3. The second kappa shape index (κ2) is 6.78. The Hall–Kier alpha value is -1.50. The number of aromatic nitrogens is 1. The van der Waals surface area contributed by atoms with E-state index in [0.717, 1.165) is 44.4 Å². The molecule has 1 aliphatic carbocycles. The molecule has 8 heteroatoms. The molecular weight excluding hydrogens is 343 g/mol. The molecule has 1 amide bonds. The number of anilines is 1. The topological polar surface area (TPSA) is 45.2 Å². The lowest BCUT2D eigenvalue weighted by Gasteiger charge is -2.21. The highest BCUT2D eigenvalue weighted by Gasteiger charge is 2.34. The lowest BCUT2D eigenvalue weighted by atomic mass is 10.1. The third-order valence-electron chi connectivity index (χ3n) is 4.71. The van der Waals surface area contributed by atoms with Gasteiger partial charge >= 0.3 is 6.18 Å². The van der Waals surface area contributed by atoms with Crippen LogP contribution >= 0.6 is 11.6 Å². The van der Waals surface area contributed by atoms with Crippen LogP contribution < -0.4 is 5.32 Å². The number of hydrogen-bond donors (Lipinski definition) is 1. The zero-order chi connectivity index (χ0) is 17.3. The van der Waals surface area contributed by atoms with Crippen LogP contribution in [0.1, 0.15) is 37.7 Å². The van der Waals surface area contributed by atoms with E-state index in [1.54, 1.807) is 0 Å². The first kappa shape index (κ1) is 17.3. The zero-order valence-corrected chi connectivity index (χ0v) is 13.8. The summed E-state index contributed by atoms with van der Waals surface area (Å²) in [6.45, 7) is 1.19. The van der Waals surface area contributed by atoms with E-state index >= 15 is 0 Å². The molecule has 4 nitrogen and oxygen atoms in total. The molecule has 1 aliphatic heterocycles. The minimum absolute atomic E-state index is 0.0444. The van der Waals surface area contributed by atoms with E-state index in [1.807, 2.05) is 4.90 Å². The summed E-state index contributed by atoms with van der Waals surface area (Å²) in [5.74, 6) is 0.560. The van der Waals surface area contributed by atoms with Crippen molar-refractivity contribution in [3.05, 3.63) is 22.8 Å². The summed E-state index contributed by atoms with van der Waals surface area (Å²) in [5, 5.41) is 2.99. The highest BCUT2D eigenvalue weighted by atomic mass is 35.5. The van der Waals surface area contributed by atoms with Gasteiger partial charge in [-0.2, -0.15) is 13.2 Å². The van der Waals surface area contributed by atoms with Gasteiger partial charge in [0.15, 0.2) is 0 Å². The third-order valence-corrected chi connectivity index (χ3v) is 5.00. The molecule has 2 heterocycles. The van der Waals surface area contributed by atoms with Gasteiger partial charge in [-0.15, -0.1) is 0 Å². The van der Waals surface area contributed by atoms with Gasteiger partial charge in [0.2, 0.25) is 5.91 Å². The number of alkyl halides is 3. The number of carbonyl (C=O) groups is 1. The van der Waals surface area contributed by atoms with Crippen LogP contribution in [-0.4, -0.2) is 34.9 Å². The molecule has 1 N–H and O–H groups in total. The van der Waals surface area contributed by atoms with Crippen molar-refractivity contribution in [2.45, 2.75) is 44.3 Å². The number of nitrogens with one attached hydrogen (secondary N) is 1. The fraction of sp³-hybridized carbons (Fsp3) is 0.625. The van der Waals surface area contributed by atoms with Gasteiger partial charge < -0.3 is 10.2 Å². The van der Waals surface area contributed by atoms with E-state index in [-0.39, 0.29) is 28.7 Å². The second-order valence-electron chi connectivity index (χ2n) is 6.45. The molecule has 132 valence electrons. The number of amides is 1. The lowest BCUT2D eigenvalue weighted by molar-refractivity contribution is -0.138. The van der Waals surface area contributed by atoms with Crippen LogP contribution in [0.4, 0.5) is 19.0 Å². The first-order chi connectivity index (χ1) is 11.3. The fourth-order valence-electron chi connectivity index (χ4n) is 3.40. The second-order valence-corrected chi connectivity index (χ2v) is 6.85. The number of halogens is 4. The molecule has 3 rings (SSSR count). The normalized spacial score (nSPS) is 22.2. The summed E-state index contributed by atoms with van der Waals surface area (Å²) in [7, 11) is 0. The van der Waals surface area contributed by atoms with Crippen molar-refractivity contribution in [2.75, 3.05) is 18.4 Å². The summed E-state index contributed by atoms with van der Waals surface area (Å²) >= 11 is 5.91. The molecule has 1 saturated carbocycles. The van der Waals surface area contributed by atoms with E-state index in [2.05, 4.69) is 10.3 Å². The van der Waals surface area contributed by atoms with Crippen LogP contribution in [0.3, 0.4) is 0 Å². The monoisotopic (exact) mass is 361 g/mol. The van der Waals surface area contributed by atoms with E-state index < -0.39 is 11.7 Å². The molecule has 2 aliphatic rings. The molecule has 0 aromatic carbocycles. The fourth-order valence-corrected chi connectivity index (χ4v) is 3.62. The minimum Gasteiger partial charge on any atom is -0.364 e. The quantitative estimate of drug-likeness (QED) is 0.886. The summed E-state index contributed by atoms with van der Waals surface area (Å²) < 4.78 is 37.9. The summed E-state index contributed by atoms with van der Waals surface area (Å²) in [4.78, 5) is 18.0. The predicted molar refractivity (Wildman–Crippen MR) is 84.8 cm³/mol. The standard InChI is InChI=1S/C16H19ClF3N3O/c17-13-7-11(16(18,19)20)8-21-14(13)22-12-5-6-23(9-12)15(24)10-3-1-2-4-10/h7-8,10,12H,1-6,9H2,(H,21,22). The molecule has 24 heavy (non-hydrogen) atoms. The summed E-state index contributed by atoms with van der Waals surface area (Å²) in [5.41, 5.74) is -0.873. The molecule has 1 unspecified atom stereocenters. The average molecular weight is 362 g/mol. The maximum atomic E-state index is 12.6. The average Bonchev–Trinajstić information content (AvgIpc) is 3.19. The van der Waals surface area contributed by atoms with Crippen molar-refractivity contribution in [2.24, 2.45) is 5.92 Å². The van der Waals surface area contributed by atoms with Gasteiger partial charge in [-0.05, 0) is 25.3 Å². The van der Waals surface area contributed by atoms with E-state index in [9.17, 15) is 18.0 Å². The molecule has 1 aromatic rings. The Balaban J connectivity index is 1.60. The van der Waals surface area contributed by atoms with Crippen LogP contribution in [0, 0.1) is 5.92 Å². The van der Waals surface area contributed by atoms with Gasteiger partial charge in [0.1, 0.15) is 5.82 Å². The van der Waals surface area contributed by atoms with Crippen LogP contribution in [0.5, 0.6) is 0 Å². The number of likely N-dealkylation sites (tertiary alicyclic amines) is 1. The van der Waals surface area contributed by atoms with Gasteiger partial charge in [-0.1, -0.05) is 24.4 Å². The van der Waals surface area contributed by atoms with E-state index in [1.165, 1.54) is 0 Å². The Morgan fingerprint density at radius 1 is 1.29 bits per heavy atom. The molecule has 1 aromatic heterocycles. The Morgan fingerprint density at radius 3 is 2.62 bits per heavy atom. The van der Waals surface area contributed by atoms with Crippen molar-refractivity contribution in [3.63, 3.8) is 0 Å². The van der Waals surface area contributed by atoms with Gasteiger partial charge in [0.05, 0.1) is 10.6 Å². The van der Waals surface area contributed by atoms with Crippen LogP contribution in [-0.2, 0) is 11.0 Å². The Kier molecular flexibility index (Phi) is 4.90. The summed E-state index contributed by atoms with van der Waals surface area (Å²) in [6.07, 6.45) is 1.17. The smallest absolute Gasteiger partial charge is 0.364 e. The summed E-state index contributed by atoms with van der Waals surface area (Å²) in [6, 6.07) is 0.824. The zero-order valence-electron chi connectivity index (χ0n) is 13.1. The van der Waals surface area contributed by atoms with Crippen molar-refractivity contribution in [1.29, 1.82) is 0 Å². The van der Waals surface area contributed by atoms with E-state index in [0.29, 0.717) is 13.1 Å². The van der Waals surface area contributed by atoms with Crippen LogP contribution in [0.25, 0.3) is 0 Å². The van der Waals surface area contributed by atoms with Crippen molar-refractivity contribution in [3.8, 4) is 0 Å². The number of hydrogen-bond acceptors (Lipinski definition) is 3. The Morgan fingerprint density at radius 2 is 2.00 bits per heavy atom. The van der Waals surface area contributed by atoms with Gasteiger partial charge in [0, 0.05) is 31.2 Å². The highest BCUT2D eigenvalue weighted by molar-refractivity contribution is 6.33. The van der Waals surface area contributed by atoms with Crippen molar-refractivity contribution >= 4 is 23.3 Å². The van der Waals surface area contributed by atoms with E-state index in [4.69, 9.17) is 11.6 Å². The molecule has 2 fully saturated rings. The van der Waals surface area contributed by atoms with Gasteiger partial charge in [-0.25, -0.2) is 4.98 Å². The Labute approximate surface area is 143 Å². The highest BCUT2D eigenvalue weighted by Crippen LogP contribution is 2.33. The first-order valence-corrected chi connectivity index (χ1v) is 8.50. The predicted octanol–water partition coefficient (Wildman–Crippen LogP) is 3.96. The number of carbonyl (C=O) groups excluding carboxylic acids is 1. The van der Waals surface area contributed by atoms with Crippen molar-refractivity contribution < 1.29 is 18.0 Å². The number of nitrogens with zero attached hydrogens (tertiary/aromatic N) is 2. The molecule has 0 bridgehead atoms. The van der Waals surface area contributed by atoms with Gasteiger partial charge in [0.25, 0.3) is 0 Å². The molecule has 1 atom stereocenters. The van der Waals surface area contributed by atoms with Gasteiger partial charge in [-0.3, -0.25) is 4.79 Å². The SMILES string of the molecule is O=C(C1CCCC1)N1CCC(Nc2ncc(C(F)(F)F)cc2Cl)C1. The van der Waals surface area contributed by atoms with Crippen LogP contribution in [0.15, 0.2) is 12.3 Å².